The second-order valence-corrected chi connectivity index (χ2v) is 10.7. The van der Waals surface area contributed by atoms with E-state index in [-0.39, 0.29) is 43.4 Å². The van der Waals surface area contributed by atoms with Crippen LogP contribution in [0.5, 0.6) is 0 Å². The lowest BCUT2D eigenvalue weighted by molar-refractivity contribution is -0.927. The standard InChI is InChI=1S/C30H55NO6/c1-2-3-4-5-6-7-8-9-10-11-12-13-14-15-16-17-18-19-20-24-31(25-21-28(32)33,26-22-29(34)35)27-23-30(36)37/h9-10H,2-8,11-27H2,1H3,(H2-,32,33,34,35,36,37)/p+1/b10-9+. The van der Waals surface area contributed by atoms with Crippen LogP contribution in [0.4, 0.5) is 0 Å². The third kappa shape index (κ3) is 24.2. The van der Waals surface area contributed by atoms with Gasteiger partial charge in [-0.05, 0) is 38.5 Å². The summed E-state index contributed by atoms with van der Waals surface area (Å²) in [7, 11) is 0. The van der Waals surface area contributed by atoms with Crippen molar-refractivity contribution >= 4 is 17.9 Å². The van der Waals surface area contributed by atoms with Crippen LogP contribution in [0.25, 0.3) is 0 Å². The first-order valence-electron chi connectivity index (χ1n) is 15.0. The molecule has 0 heterocycles. The van der Waals surface area contributed by atoms with Gasteiger partial charge >= 0.3 is 17.9 Å². The molecule has 0 spiro atoms. The molecule has 0 aromatic heterocycles. The van der Waals surface area contributed by atoms with Crippen molar-refractivity contribution < 1.29 is 34.2 Å². The van der Waals surface area contributed by atoms with Crippen LogP contribution in [0.3, 0.4) is 0 Å². The Kier molecular flexibility index (Phi) is 23.2. The van der Waals surface area contributed by atoms with Gasteiger partial charge < -0.3 is 19.8 Å². The van der Waals surface area contributed by atoms with Gasteiger partial charge in [-0.15, -0.1) is 0 Å². The van der Waals surface area contributed by atoms with Crippen LogP contribution in [0, 0.1) is 0 Å². The number of carboxylic acids is 3. The maximum Gasteiger partial charge on any atom is 0.309 e. The number of carbonyl (C=O) groups is 3. The van der Waals surface area contributed by atoms with Crippen LogP contribution < -0.4 is 0 Å². The van der Waals surface area contributed by atoms with E-state index < -0.39 is 17.9 Å². The molecule has 0 amide bonds. The van der Waals surface area contributed by atoms with Crippen LogP contribution >= 0.6 is 0 Å². The van der Waals surface area contributed by atoms with Gasteiger partial charge in [0.05, 0.1) is 45.4 Å². The predicted octanol–water partition coefficient (Wildman–Crippen LogP) is 7.44. The Labute approximate surface area is 225 Å². The second-order valence-electron chi connectivity index (χ2n) is 10.7. The largest absolute Gasteiger partial charge is 0.481 e. The molecule has 7 heteroatoms. The lowest BCUT2D eigenvalue weighted by Gasteiger charge is -2.38. The molecule has 0 rings (SSSR count). The molecule has 0 atom stereocenters. The maximum atomic E-state index is 11.1. The molecular weight excluding hydrogens is 470 g/mol. The minimum atomic E-state index is -0.933. The number of rotatable bonds is 28. The molecule has 216 valence electrons. The van der Waals surface area contributed by atoms with E-state index in [0.717, 1.165) is 19.3 Å². The van der Waals surface area contributed by atoms with Crippen molar-refractivity contribution in [2.24, 2.45) is 0 Å². The Morgan fingerprint density at radius 3 is 1.16 bits per heavy atom. The van der Waals surface area contributed by atoms with E-state index in [1.165, 1.54) is 89.9 Å². The van der Waals surface area contributed by atoms with Crippen molar-refractivity contribution in [3.8, 4) is 0 Å². The molecule has 3 N–H and O–H groups in total. The zero-order valence-electron chi connectivity index (χ0n) is 23.6. The summed E-state index contributed by atoms with van der Waals surface area (Å²) in [5.41, 5.74) is 0. The molecule has 0 unspecified atom stereocenters. The molecule has 0 aromatic rings. The minimum absolute atomic E-state index is 0.0752. The number of hydrogen-bond acceptors (Lipinski definition) is 3. The van der Waals surface area contributed by atoms with Crippen LogP contribution in [0.2, 0.25) is 0 Å². The first-order valence-corrected chi connectivity index (χ1v) is 15.0. The SMILES string of the molecule is CCCCCCCC/C=C/CCCCCCCCCCC[N+](CCC(=O)O)(CCC(=O)O)CCC(=O)O. The minimum Gasteiger partial charge on any atom is -0.481 e. The van der Waals surface area contributed by atoms with E-state index in [1.54, 1.807) is 0 Å². The van der Waals surface area contributed by atoms with Crippen LogP contribution in [-0.2, 0) is 14.4 Å². The fourth-order valence-electron chi connectivity index (χ4n) is 4.89. The number of nitrogens with zero attached hydrogens (tertiary/aromatic N) is 1. The van der Waals surface area contributed by atoms with Gasteiger partial charge in [-0.3, -0.25) is 14.4 Å². The molecule has 0 aliphatic rings. The summed E-state index contributed by atoms with van der Waals surface area (Å²) in [5.74, 6) is -2.80. The molecule has 0 aliphatic heterocycles. The highest BCUT2D eigenvalue weighted by Gasteiger charge is 2.29. The first kappa shape index (κ1) is 35.1. The van der Waals surface area contributed by atoms with Gasteiger partial charge in [-0.2, -0.15) is 0 Å². The first-order chi connectivity index (χ1) is 17.8. The Morgan fingerprint density at radius 1 is 0.486 bits per heavy atom. The Morgan fingerprint density at radius 2 is 0.811 bits per heavy atom. The number of aliphatic carboxylic acids is 3. The third-order valence-electron chi connectivity index (χ3n) is 7.29. The zero-order valence-corrected chi connectivity index (χ0v) is 23.6. The van der Waals surface area contributed by atoms with Crippen molar-refractivity contribution in [2.75, 3.05) is 26.2 Å². The predicted molar refractivity (Wildman–Crippen MR) is 150 cm³/mol. The molecule has 0 saturated heterocycles. The Bertz CT molecular complexity index is 574. The van der Waals surface area contributed by atoms with E-state index in [1.807, 2.05) is 0 Å². The van der Waals surface area contributed by atoms with E-state index >= 15 is 0 Å². The van der Waals surface area contributed by atoms with Crippen molar-refractivity contribution in [3.63, 3.8) is 0 Å². The van der Waals surface area contributed by atoms with Crippen molar-refractivity contribution in [1.29, 1.82) is 0 Å². The number of quaternary nitrogens is 1. The number of carboxylic acid groups (broad SMARTS) is 3. The van der Waals surface area contributed by atoms with E-state index in [0.29, 0.717) is 6.54 Å². The quantitative estimate of drug-likeness (QED) is 0.0555. The fourth-order valence-corrected chi connectivity index (χ4v) is 4.89. The summed E-state index contributed by atoms with van der Waals surface area (Å²) >= 11 is 0. The smallest absolute Gasteiger partial charge is 0.309 e. The molecule has 0 bridgehead atoms. The number of allylic oxidation sites excluding steroid dienone is 2. The van der Waals surface area contributed by atoms with Crippen LogP contribution in [0.1, 0.15) is 135 Å². The molecule has 0 saturated carbocycles. The summed E-state index contributed by atoms with van der Waals surface area (Å²) in [6, 6.07) is 0. The van der Waals surface area contributed by atoms with E-state index in [9.17, 15) is 14.4 Å². The van der Waals surface area contributed by atoms with Gasteiger partial charge in [0.2, 0.25) is 0 Å². The Hall–Kier alpha value is -1.89. The zero-order chi connectivity index (χ0) is 27.6. The van der Waals surface area contributed by atoms with Gasteiger partial charge in [0.1, 0.15) is 0 Å². The molecule has 0 aromatic carbocycles. The lowest BCUT2D eigenvalue weighted by atomic mass is 10.1. The lowest BCUT2D eigenvalue weighted by Crippen LogP contribution is -2.52. The summed E-state index contributed by atoms with van der Waals surface area (Å²) in [5, 5.41) is 27.4. The summed E-state index contributed by atoms with van der Waals surface area (Å²) < 4.78 is 0.262. The second kappa shape index (κ2) is 24.4. The van der Waals surface area contributed by atoms with Gasteiger partial charge in [0.25, 0.3) is 0 Å². The van der Waals surface area contributed by atoms with Gasteiger partial charge in [-0.1, -0.05) is 89.7 Å². The highest BCUT2D eigenvalue weighted by Crippen LogP contribution is 2.17. The third-order valence-corrected chi connectivity index (χ3v) is 7.29. The monoisotopic (exact) mass is 526 g/mol. The van der Waals surface area contributed by atoms with Crippen LogP contribution in [0.15, 0.2) is 12.2 Å². The molecule has 7 nitrogen and oxygen atoms in total. The van der Waals surface area contributed by atoms with Gasteiger partial charge in [0.15, 0.2) is 0 Å². The summed E-state index contributed by atoms with van der Waals surface area (Å²) in [6.45, 7) is 3.74. The highest BCUT2D eigenvalue weighted by atomic mass is 16.4. The number of unbranched alkanes of at least 4 members (excludes halogenated alkanes) is 15. The van der Waals surface area contributed by atoms with Crippen LogP contribution in [-0.4, -0.2) is 63.9 Å². The molecule has 0 aliphatic carbocycles. The summed E-state index contributed by atoms with van der Waals surface area (Å²) in [4.78, 5) is 33.4. The van der Waals surface area contributed by atoms with Crippen molar-refractivity contribution in [3.05, 3.63) is 12.2 Å². The molecule has 0 radical (unpaired) electrons. The van der Waals surface area contributed by atoms with Crippen molar-refractivity contribution in [2.45, 2.75) is 135 Å². The average molecular weight is 527 g/mol. The van der Waals surface area contributed by atoms with Gasteiger partial charge in [0, 0.05) is 0 Å². The molecule has 0 fully saturated rings. The maximum absolute atomic E-state index is 11.1. The normalized spacial score (nSPS) is 11.8. The van der Waals surface area contributed by atoms with Crippen molar-refractivity contribution in [1.82, 2.24) is 0 Å². The molecular formula is C30H56NO6+. The topological polar surface area (TPSA) is 112 Å². The Balaban J connectivity index is 3.96. The van der Waals surface area contributed by atoms with E-state index in [2.05, 4.69) is 19.1 Å². The average Bonchev–Trinajstić information content (AvgIpc) is 2.85. The highest BCUT2D eigenvalue weighted by molar-refractivity contribution is 5.67. The molecule has 37 heavy (non-hydrogen) atoms. The number of hydrogen-bond donors (Lipinski definition) is 3. The summed E-state index contributed by atoms with van der Waals surface area (Å²) in [6.07, 6.45) is 25.6. The van der Waals surface area contributed by atoms with Gasteiger partial charge in [-0.25, -0.2) is 0 Å². The fraction of sp³-hybridized carbons (Fsp3) is 0.833. The van der Waals surface area contributed by atoms with E-state index in [4.69, 9.17) is 15.3 Å².